The molecule has 0 bridgehead atoms. The van der Waals surface area contributed by atoms with Gasteiger partial charge >= 0.3 is 5.97 Å². The first-order chi connectivity index (χ1) is 12.5. The second kappa shape index (κ2) is 7.35. The minimum Gasteiger partial charge on any atom is -0.449 e. The fourth-order valence-electron chi connectivity index (χ4n) is 3.06. The number of fused-ring (bicyclic) bond motifs is 1. The highest BCUT2D eigenvalue weighted by Crippen LogP contribution is 2.28. The normalized spacial score (nSPS) is 14.3. The molecule has 0 N–H and O–H groups in total. The fourth-order valence-corrected chi connectivity index (χ4v) is 3.06. The van der Waals surface area contributed by atoms with Crippen LogP contribution in [-0.2, 0) is 16.0 Å². The SMILES string of the molecule is CC(OC(=O)c1ccccc1[N+](=O)[O-])C(=O)N1CCCc2ccccc21. The van der Waals surface area contributed by atoms with Crippen molar-refractivity contribution in [3.05, 3.63) is 69.8 Å². The Kier molecular flexibility index (Phi) is 4.97. The van der Waals surface area contributed by atoms with Crippen LogP contribution in [0, 0.1) is 10.1 Å². The van der Waals surface area contributed by atoms with Gasteiger partial charge in [-0.05, 0) is 37.5 Å². The summed E-state index contributed by atoms with van der Waals surface area (Å²) in [4.78, 5) is 37.1. The van der Waals surface area contributed by atoms with E-state index in [0.717, 1.165) is 24.1 Å². The molecule has 0 saturated carbocycles. The minimum atomic E-state index is -1.05. The molecule has 1 aliphatic rings. The molecular formula is C19H18N2O5. The predicted molar refractivity (Wildman–Crippen MR) is 95.1 cm³/mol. The second-order valence-corrected chi connectivity index (χ2v) is 6.04. The number of hydrogen-bond donors (Lipinski definition) is 0. The molecule has 0 saturated heterocycles. The third-order valence-electron chi connectivity index (χ3n) is 4.33. The van der Waals surface area contributed by atoms with Crippen molar-refractivity contribution in [1.82, 2.24) is 0 Å². The molecule has 26 heavy (non-hydrogen) atoms. The van der Waals surface area contributed by atoms with E-state index in [4.69, 9.17) is 4.74 Å². The summed E-state index contributed by atoms with van der Waals surface area (Å²) >= 11 is 0. The molecule has 0 aliphatic carbocycles. The van der Waals surface area contributed by atoms with Gasteiger partial charge < -0.3 is 9.64 Å². The van der Waals surface area contributed by atoms with Crippen LogP contribution in [0.4, 0.5) is 11.4 Å². The summed E-state index contributed by atoms with van der Waals surface area (Å²) in [6.45, 7) is 2.02. The number of nitrogens with zero attached hydrogens (tertiary/aromatic N) is 2. The molecular weight excluding hydrogens is 336 g/mol. The number of carbonyl (C=O) groups excluding carboxylic acids is 2. The first kappa shape index (κ1) is 17.6. The first-order valence-corrected chi connectivity index (χ1v) is 8.32. The molecule has 1 atom stereocenters. The van der Waals surface area contributed by atoms with Gasteiger partial charge in [0.2, 0.25) is 0 Å². The molecule has 1 heterocycles. The van der Waals surface area contributed by atoms with Gasteiger partial charge in [-0.15, -0.1) is 0 Å². The molecule has 0 aromatic heterocycles. The molecule has 0 fully saturated rings. The zero-order valence-corrected chi connectivity index (χ0v) is 14.3. The van der Waals surface area contributed by atoms with E-state index in [1.165, 1.54) is 31.2 Å². The average molecular weight is 354 g/mol. The van der Waals surface area contributed by atoms with E-state index in [9.17, 15) is 19.7 Å². The average Bonchev–Trinajstić information content (AvgIpc) is 2.66. The summed E-state index contributed by atoms with van der Waals surface area (Å²) in [5.41, 5.74) is 1.37. The van der Waals surface area contributed by atoms with Crippen LogP contribution in [0.2, 0.25) is 0 Å². The quantitative estimate of drug-likeness (QED) is 0.478. The van der Waals surface area contributed by atoms with Crippen LogP contribution in [-0.4, -0.2) is 29.4 Å². The number of para-hydroxylation sites is 2. The van der Waals surface area contributed by atoms with Gasteiger partial charge in [-0.3, -0.25) is 14.9 Å². The topological polar surface area (TPSA) is 89.7 Å². The van der Waals surface area contributed by atoms with Crippen LogP contribution in [0.3, 0.4) is 0 Å². The molecule has 1 aliphatic heterocycles. The molecule has 2 aromatic carbocycles. The minimum absolute atomic E-state index is 0.170. The Labute approximate surface area is 150 Å². The monoisotopic (exact) mass is 354 g/mol. The van der Waals surface area contributed by atoms with Crippen molar-refractivity contribution in [3.8, 4) is 0 Å². The van der Waals surface area contributed by atoms with E-state index in [1.807, 2.05) is 24.3 Å². The lowest BCUT2D eigenvalue weighted by atomic mass is 10.0. The van der Waals surface area contributed by atoms with Gasteiger partial charge in [0, 0.05) is 18.3 Å². The van der Waals surface area contributed by atoms with Gasteiger partial charge in [0.1, 0.15) is 5.56 Å². The molecule has 1 unspecified atom stereocenters. The maximum absolute atomic E-state index is 12.8. The van der Waals surface area contributed by atoms with Crippen molar-refractivity contribution in [2.24, 2.45) is 0 Å². The number of benzene rings is 2. The highest BCUT2D eigenvalue weighted by Gasteiger charge is 2.30. The zero-order valence-electron chi connectivity index (χ0n) is 14.3. The lowest BCUT2D eigenvalue weighted by Crippen LogP contribution is -2.42. The number of esters is 1. The molecule has 1 amide bonds. The lowest BCUT2D eigenvalue weighted by molar-refractivity contribution is -0.385. The van der Waals surface area contributed by atoms with Gasteiger partial charge in [0.25, 0.3) is 11.6 Å². The lowest BCUT2D eigenvalue weighted by Gasteiger charge is -2.31. The van der Waals surface area contributed by atoms with Crippen molar-refractivity contribution in [3.63, 3.8) is 0 Å². The summed E-state index contributed by atoms with van der Waals surface area (Å²) in [5.74, 6) is -1.23. The number of aryl methyl sites for hydroxylation is 1. The third-order valence-corrected chi connectivity index (χ3v) is 4.33. The molecule has 7 heteroatoms. The van der Waals surface area contributed by atoms with Gasteiger partial charge in [0.15, 0.2) is 6.10 Å². The number of anilines is 1. The maximum Gasteiger partial charge on any atom is 0.345 e. The number of ether oxygens (including phenoxy) is 1. The highest BCUT2D eigenvalue weighted by molar-refractivity contribution is 6.00. The number of carbonyl (C=O) groups is 2. The van der Waals surface area contributed by atoms with E-state index in [1.54, 1.807) is 4.90 Å². The summed E-state index contributed by atoms with van der Waals surface area (Å²) in [6, 6.07) is 13.1. The van der Waals surface area contributed by atoms with Crippen molar-refractivity contribution in [1.29, 1.82) is 0 Å². The molecule has 134 valence electrons. The molecule has 0 radical (unpaired) electrons. The summed E-state index contributed by atoms with van der Waals surface area (Å²) in [5, 5.41) is 11.1. The number of rotatable bonds is 4. The highest BCUT2D eigenvalue weighted by atomic mass is 16.6. The van der Waals surface area contributed by atoms with Crippen molar-refractivity contribution in [2.45, 2.75) is 25.9 Å². The predicted octanol–water partition coefficient (Wildman–Crippen LogP) is 3.12. The number of hydrogen-bond acceptors (Lipinski definition) is 5. The van der Waals surface area contributed by atoms with Crippen LogP contribution in [0.5, 0.6) is 0 Å². The largest absolute Gasteiger partial charge is 0.449 e. The Balaban J connectivity index is 1.77. The van der Waals surface area contributed by atoms with Gasteiger partial charge in [-0.25, -0.2) is 4.79 Å². The van der Waals surface area contributed by atoms with Crippen LogP contribution in [0.15, 0.2) is 48.5 Å². The Bertz CT molecular complexity index is 865. The number of nitro groups is 1. The Morgan fingerprint density at radius 1 is 1.15 bits per heavy atom. The van der Waals surface area contributed by atoms with Gasteiger partial charge in [0.05, 0.1) is 4.92 Å². The molecule has 0 spiro atoms. The van der Waals surface area contributed by atoms with E-state index in [2.05, 4.69) is 0 Å². The van der Waals surface area contributed by atoms with Gasteiger partial charge in [-0.1, -0.05) is 30.3 Å². The third kappa shape index (κ3) is 3.42. The maximum atomic E-state index is 12.8. The Morgan fingerprint density at radius 3 is 2.62 bits per heavy atom. The van der Waals surface area contributed by atoms with E-state index in [0.29, 0.717) is 6.54 Å². The van der Waals surface area contributed by atoms with E-state index in [-0.39, 0.29) is 17.2 Å². The van der Waals surface area contributed by atoms with E-state index < -0.39 is 17.0 Å². The van der Waals surface area contributed by atoms with Crippen LogP contribution in [0.1, 0.15) is 29.3 Å². The summed E-state index contributed by atoms with van der Waals surface area (Å²) < 4.78 is 5.22. The Hall–Kier alpha value is -3.22. The Morgan fingerprint density at radius 2 is 1.85 bits per heavy atom. The summed E-state index contributed by atoms with van der Waals surface area (Å²) in [7, 11) is 0. The van der Waals surface area contributed by atoms with Gasteiger partial charge in [-0.2, -0.15) is 0 Å². The smallest absolute Gasteiger partial charge is 0.345 e. The zero-order chi connectivity index (χ0) is 18.7. The van der Waals surface area contributed by atoms with E-state index >= 15 is 0 Å². The standard InChI is InChI=1S/C19H18N2O5/c1-13(26-19(23)15-9-3-5-11-17(15)21(24)25)18(22)20-12-6-8-14-7-2-4-10-16(14)20/h2-5,7,9-11,13H,6,8,12H2,1H3. The van der Waals surface area contributed by atoms with Crippen molar-refractivity contribution >= 4 is 23.3 Å². The van der Waals surface area contributed by atoms with Crippen LogP contribution < -0.4 is 4.90 Å². The summed E-state index contributed by atoms with van der Waals surface area (Å²) in [6.07, 6.45) is 0.672. The molecule has 7 nitrogen and oxygen atoms in total. The fraction of sp³-hybridized carbons (Fsp3) is 0.263. The molecule has 3 rings (SSSR count). The first-order valence-electron chi connectivity index (χ1n) is 8.32. The number of nitro benzene ring substituents is 1. The van der Waals surface area contributed by atoms with Crippen molar-refractivity contribution in [2.75, 3.05) is 11.4 Å². The van der Waals surface area contributed by atoms with Crippen molar-refractivity contribution < 1.29 is 19.2 Å². The number of amides is 1. The van der Waals surface area contributed by atoms with Crippen LogP contribution in [0.25, 0.3) is 0 Å². The second-order valence-electron chi connectivity index (χ2n) is 6.04. The van der Waals surface area contributed by atoms with Crippen LogP contribution >= 0.6 is 0 Å². The molecule has 2 aromatic rings.